The van der Waals surface area contributed by atoms with Crippen LogP contribution in [0.4, 0.5) is 13.2 Å². The first kappa shape index (κ1) is 18.8. The zero-order chi connectivity index (χ0) is 17.0. The molecular formula is C14H20F3NO3S. The van der Waals surface area contributed by atoms with Gasteiger partial charge < -0.3 is 9.08 Å². The summed E-state index contributed by atoms with van der Waals surface area (Å²) < 4.78 is 62.8. The Labute approximate surface area is 129 Å². The predicted octanol–water partition coefficient (Wildman–Crippen LogP) is 2.97. The molecule has 0 aliphatic carbocycles. The lowest BCUT2D eigenvalue weighted by Gasteiger charge is -2.11. The summed E-state index contributed by atoms with van der Waals surface area (Å²) in [4.78, 5) is 2.10. The Morgan fingerprint density at radius 3 is 2.18 bits per heavy atom. The van der Waals surface area contributed by atoms with E-state index in [1.165, 1.54) is 12.1 Å². The van der Waals surface area contributed by atoms with Crippen LogP contribution in [0.1, 0.15) is 25.0 Å². The Hall–Kier alpha value is -1.28. The smallest absolute Gasteiger partial charge is 0.376 e. The molecule has 1 aliphatic heterocycles. The molecule has 0 radical (unpaired) electrons. The molecule has 1 aliphatic rings. The second kappa shape index (κ2) is 7.32. The van der Waals surface area contributed by atoms with Gasteiger partial charge in [-0.25, -0.2) is 0 Å². The van der Waals surface area contributed by atoms with Crippen molar-refractivity contribution >= 4 is 10.1 Å². The van der Waals surface area contributed by atoms with Gasteiger partial charge in [0.15, 0.2) is 0 Å². The highest BCUT2D eigenvalue weighted by molar-refractivity contribution is 7.87. The van der Waals surface area contributed by atoms with Crippen LogP contribution in [0.25, 0.3) is 0 Å². The molecular weight excluding hydrogens is 319 g/mol. The molecule has 0 saturated carbocycles. The SMILES string of the molecule is CC.CN1CCc2ccc(OS(=O)(=O)C(F)(F)F)cc2CC1. The maximum absolute atomic E-state index is 12.3. The zero-order valence-electron chi connectivity index (χ0n) is 12.8. The van der Waals surface area contributed by atoms with Crippen molar-refractivity contribution in [3.63, 3.8) is 0 Å². The Morgan fingerprint density at radius 2 is 1.64 bits per heavy atom. The average molecular weight is 339 g/mol. The third-order valence-electron chi connectivity index (χ3n) is 3.19. The number of benzene rings is 1. The standard InChI is InChI=1S/C12H14F3NO3S.C2H6/c1-16-6-4-9-2-3-11(8-10(9)5-7-16)19-20(17,18)12(13,14)15;1-2/h2-3,8H,4-7H2,1H3;1-2H3. The van der Waals surface area contributed by atoms with Crippen LogP contribution < -0.4 is 4.18 Å². The number of nitrogens with zero attached hydrogens (tertiary/aromatic N) is 1. The molecule has 0 spiro atoms. The molecule has 0 saturated heterocycles. The van der Waals surface area contributed by atoms with E-state index in [1.54, 1.807) is 6.07 Å². The van der Waals surface area contributed by atoms with Gasteiger partial charge in [-0.2, -0.15) is 21.6 Å². The van der Waals surface area contributed by atoms with Gasteiger partial charge in [0, 0.05) is 13.1 Å². The molecule has 0 atom stereocenters. The molecule has 0 bridgehead atoms. The summed E-state index contributed by atoms with van der Waals surface area (Å²) in [7, 11) is -3.65. The molecule has 126 valence electrons. The minimum atomic E-state index is -5.61. The van der Waals surface area contributed by atoms with Crippen LogP contribution in [0.15, 0.2) is 18.2 Å². The van der Waals surface area contributed by atoms with Gasteiger partial charge in [0.1, 0.15) is 5.75 Å². The van der Waals surface area contributed by atoms with Crippen molar-refractivity contribution in [2.75, 3.05) is 20.1 Å². The second-order valence-corrected chi connectivity index (χ2v) is 6.25. The van der Waals surface area contributed by atoms with Gasteiger partial charge >= 0.3 is 15.6 Å². The maximum Gasteiger partial charge on any atom is 0.534 e. The molecule has 0 fully saturated rings. The summed E-state index contributed by atoms with van der Waals surface area (Å²) in [5, 5.41) is 0. The first-order valence-corrected chi connectivity index (χ1v) is 8.41. The van der Waals surface area contributed by atoms with Gasteiger partial charge in [-0.15, -0.1) is 0 Å². The van der Waals surface area contributed by atoms with Crippen molar-refractivity contribution < 1.29 is 25.8 Å². The van der Waals surface area contributed by atoms with E-state index >= 15 is 0 Å². The summed E-state index contributed by atoms with van der Waals surface area (Å²) in [6, 6.07) is 4.25. The van der Waals surface area contributed by atoms with Crippen molar-refractivity contribution in [2.45, 2.75) is 32.2 Å². The lowest BCUT2D eigenvalue weighted by atomic mass is 10.0. The van der Waals surface area contributed by atoms with Crippen molar-refractivity contribution in [1.29, 1.82) is 0 Å². The van der Waals surface area contributed by atoms with Gasteiger partial charge in [0.2, 0.25) is 0 Å². The molecule has 1 aromatic carbocycles. The van der Waals surface area contributed by atoms with Crippen LogP contribution in [0.3, 0.4) is 0 Å². The number of rotatable bonds is 2. The van der Waals surface area contributed by atoms with E-state index in [2.05, 4.69) is 9.08 Å². The van der Waals surface area contributed by atoms with Crippen molar-refractivity contribution in [3.8, 4) is 5.75 Å². The van der Waals surface area contributed by atoms with Gasteiger partial charge in [-0.05, 0) is 43.1 Å². The van der Waals surface area contributed by atoms with Crippen LogP contribution in [0.5, 0.6) is 5.75 Å². The molecule has 0 unspecified atom stereocenters. The normalized spacial score (nSPS) is 16.1. The number of hydrogen-bond donors (Lipinski definition) is 0. The number of halogens is 3. The van der Waals surface area contributed by atoms with Gasteiger partial charge in [-0.1, -0.05) is 19.9 Å². The summed E-state index contributed by atoms with van der Waals surface area (Å²) in [6.07, 6.45) is 1.42. The number of fused-ring (bicyclic) bond motifs is 1. The highest BCUT2D eigenvalue weighted by Crippen LogP contribution is 2.28. The Bertz CT molecular complexity index is 600. The lowest BCUT2D eigenvalue weighted by molar-refractivity contribution is -0.0500. The van der Waals surface area contributed by atoms with Crippen LogP contribution in [0.2, 0.25) is 0 Å². The fourth-order valence-electron chi connectivity index (χ4n) is 2.04. The summed E-state index contributed by atoms with van der Waals surface area (Å²) in [5.74, 6) is -0.300. The Morgan fingerprint density at radius 1 is 1.09 bits per heavy atom. The minimum Gasteiger partial charge on any atom is -0.376 e. The first-order chi connectivity index (χ1) is 10.2. The minimum absolute atomic E-state index is 0.300. The van der Waals surface area contributed by atoms with Crippen molar-refractivity contribution in [2.24, 2.45) is 0 Å². The van der Waals surface area contributed by atoms with Crippen molar-refractivity contribution in [1.82, 2.24) is 4.90 Å². The molecule has 0 aromatic heterocycles. The summed E-state index contributed by atoms with van der Waals surface area (Å²) in [5.41, 5.74) is -3.59. The van der Waals surface area contributed by atoms with E-state index in [0.29, 0.717) is 6.42 Å². The van der Waals surface area contributed by atoms with E-state index in [1.807, 2.05) is 20.9 Å². The fourth-order valence-corrected chi connectivity index (χ4v) is 2.49. The molecule has 22 heavy (non-hydrogen) atoms. The number of hydrogen-bond acceptors (Lipinski definition) is 4. The Balaban J connectivity index is 0.00000116. The van der Waals surface area contributed by atoms with Gasteiger partial charge in [0.05, 0.1) is 0 Å². The highest BCUT2D eigenvalue weighted by Gasteiger charge is 2.48. The molecule has 1 aromatic rings. The average Bonchev–Trinajstić information content (AvgIpc) is 2.62. The van der Waals surface area contributed by atoms with E-state index < -0.39 is 15.6 Å². The topological polar surface area (TPSA) is 46.6 Å². The molecule has 0 N–H and O–H groups in total. The van der Waals surface area contributed by atoms with Crippen LogP contribution in [-0.2, 0) is 23.0 Å². The quantitative estimate of drug-likeness (QED) is 0.614. The summed E-state index contributed by atoms with van der Waals surface area (Å²) in [6.45, 7) is 5.62. The third kappa shape index (κ3) is 4.61. The molecule has 4 nitrogen and oxygen atoms in total. The second-order valence-electron chi connectivity index (χ2n) is 4.72. The zero-order valence-corrected chi connectivity index (χ0v) is 13.6. The molecule has 2 rings (SSSR count). The lowest BCUT2D eigenvalue weighted by Crippen LogP contribution is -2.28. The predicted molar refractivity (Wildman–Crippen MR) is 78.3 cm³/mol. The van der Waals surface area contributed by atoms with Crippen LogP contribution in [0, 0.1) is 0 Å². The van der Waals surface area contributed by atoms with E-state index in [0.717, 1.165) is 30.6 Å². The third-order valence-corrected chi connectivity index (χ3v) is 4.17. The maximum atomic E-state index is 12.3. The van der Waals surface area contributed by atoms with Crippen LogP contribution in [-0.4, -0.2) is 39.0 Å². The van der Waals surface area contributed by atoms with Crippen LogP contribution >= 0.6 is 0 Å². The number of likely N-dealkylation sites (N-methyl/N-ethyl adjacent to an activating group) is 1. The fraction of sp³-hybridized carbons (Fsp3) is 0.571. The molecule has 1 heterocycles. The Kier molecular flexibility index (Phi) is 6.25. The largest absolute Gasteiger partial charge is 0.534 e. The van der Waals surface area contributed by atoms with Gasteiger partial charge in [0.25, 0.3) is 0 Å². The summed E-state index contributed by atoms with van der Waals surface area (Å²) >= 11 is 0. The van der Waals surface area contributed by atoms with E-state index in [4.69, 9.17) is 0 Å². The van der Waals surface area contributed by atoms with Crippen molar-refractivity contribution in [3.05, 3.63) is 29.3 Å². The van der Waals surface area contributed by atoms with Gasteiger partial charge in [-0.3, -0.25) is 0 Å². The number of alkyl halides is 3. The first-order valence-electron chi connectivity index (χ1n) is 7.00. The monoisotopic (exact) mass is 339 g/mol. The highest BCUT2D eigenvalue weighted by atomic mass is 32.2. The molecule has 0 amide bonds. The van der Waals surface area contributed by atoms with E-state index in [-0.39, 0.29) is 5.75 Å². The molecule has 8 heteroatoms. The van der Waals surface area contributed by atoms with E-state index in [9.17, 15) is 21.6 Å².